The maximum Gasteiger partial charge on any atom is 0.324 e. The monoisotopic (exact) mass is 620 g/mol. The molecule has 0 radical (unpaired) electrons. The summed E-state index contributed by atoms with van der Waals surface area (Å²) in [6.07, 6.45) is 0. The molecule has 0 heterocycles. The van der Waals surface area contributed by atoms with Crippen LogP contribution in [-0.4, -0.2) is 37.8 Å². The van der Waals surface area contributed by atoms with E-state index in [9.17, 15) is 23.1 Å². The van der Waals surface area contributed by atoms with Crippen molar-refractivity contribution in [2.24, 2.45) is 5.73 Å². The van der Waals surface area contributed by atoms with Crippen LogP contribution in [0, 0.1) is 5.41 Å². The number of hydrogen-bond donors (Lipinski definition) is 4. The summed E-state index contributed by atoms with van der Waals surface area (Å²) in [5.41, 5.74) is 7.30. The molecular weight excluding hydrogens is 599 g/mol. The summed E-state index contributed by atoms with van der Waals surface area (Å²) in [6.45, 7) is -0.612. The highest BCUT2D eigenvalue weighted by Gasteiger charge is 2.28. The van der Waals surface area contributed by atoms with Crippen LogP contribution in [0.2, 0.25) is 10.0 Å². The number of nitrogen functional groups attached to an aromatic ring is 1. The Morgan fingerprint density at radius 3 is 2.20 bits per heavy atom. The number of nitrogens with one attached hydrogen (secondary N) is 2. The van der Waals surface area contributed by atoms with Crippen molar-refractivity contribution >= 4 is 79.8 Å². The molecule has 4 rings (SSSR count). The first-order valence-corrected chi connectivity index (χ1v) is 13.6. The summed E-state index contributed by atoms with van der Waals surface area (Å²) in [4.78, 5) is 24.4. The van der Waals surface area contributed by atoms with Crippen molar-refractivity contribution in [1.29, 1.82) is 5.41 Å². The van der Waals surface area contributed by atoms with E-state index in [1.807, 2.05) is 0 Å². The van der Waals surface area contributed by atoms with Crippen LogP contribution in [0.15, 0.2) is 83.8 Å². The third-order valence-corrected chi connectivity index (χ3v) is 8.01. The van der Waals surface area contributed by atoms with Gasteiger partial charge in [-0.25, -0.2) is 8.42 Å². The number of hydrogen-bond acceptors (Lipinski definition) is 5. The van der Waals surface area contributed by atoms with Gasteiger partial charge in [0.05, 0.1) is 10.6 Å². The van der Waals surface area contributed by atoms with Crippen LogP contribution in [0.3, 0.4) is 0 Å². The van der Waals surface area contributed by atoms with Crippen molar-refractivity contribution in [2.75, 3.05) is 10.8 Å². The molecule has 4 aromatic carbocycles. The van der Waals surface area contributed by atoms with E-state index < -0.39 is 22.5 Å². The Bertz CT molecular complexity index is 1690. The lowest BCUT2D eigenvalue weighted by atomic mass is 10.0. The summed E-state index contributed by atoms with van der Waals surface area (Å²) < 4.78 is 27.6. The Hall–Kier alpha value is -3.83. The van der Waals surface area contributed by atoms with Crippen molar-refractivity contribution in [3.63, 3.8) is 0 Å². The molecule has 0 spiro atoms. The van der Waals surface area contributed by atoms with Gasteiger partial charge in [-0.05, 0) is 52.7 Å². The molecule has 0 fully saturated rings. The van der Waals surface area contributed by atoms with Crippen LogP contribution in [0.1, 0.15) is 21.5 Å². The molecule has 0 aliphatic carbocycles. The van der Waals surface area contributed by atoms with Gasteiger partial charge in [0.1, 0.15) is 12.4 Å². The average molecular weight is 622 g/mol. The number of benzene rings is 4. The Balaban J connectivity index is 0.00000441. The van der Waals surface area contributed by atoms with Crippen molar-refractivity contribution in [3.8, 4) is 0 Å². The summed E-state index contributed by atoms with van der Waals surface area (Å²) in [5, 5.41) is 21.0. The minimum Gasteiger partial charge on any atom is -0.480 e. The fourth-order valence-corrected chi connectivity index (χ4v) is 6.08. The maximum absolute atomic E-state index is 13.4. The molecular formula is C27H23Cl3N4O5S. The molecule has 208 valence electrons. The Kier molecular flexibility index (Phi) is 9.65. The first-order valence-electron chi connectivity index (χ1n) is 11.4. The first kappa shape index (κ1) is 30.7. The van der Waals surface area contributed by atoms with Gasteiger partial charge >= 0.3 is 5.97 Å². The second-order valence-electron chi connectivity index (χ2n) is 8.51. The molecule has 0 aromatic heterocycles. The topological polar surface area (TPSA) is 154 Å². The zero-order valence-electron chi connectivity index (χ0n) is 20.6. The van der Waals surface area contributed by atoms with Gasteiger partial charge in [0.2, 0.25) is 0 Å². The lowest BCUT2D eigenvalue weighted by Gasteiger charge is -2.23. The third-order valence-electron chi connectivity index (χ3n) is 5.82. The predicted octanol–water partition coefficient (Wildman–Crippen LogP) is 5.06. The van der Waals surface area contributed by atoms with Gasteiger partial charge in [0.15, 0.2) is 0 Å². The number of amides is 1. The van der Waals surface area contributed by atoms with E-state index in [1.54, 1.807) is 48.5 Å². The number of carbonyl (C=O) groups excluding carboxylic acids is 1. The smallest absolute Gasteiger partial charge is 0.324 e. The number of sulfonamides is 1. The molecule has 40 heavy (non-hydrogen) atoms. The van der Waals surface area contributed by atoms with E-state index in [0.29, 0.717) is 21.9 Å². The number of carboxylic acid groups (broad SMARTS) is 1. The van der Waals surface area contributed by atoms with Gasteiger partial charge in [-0.1, -0.05) is 65.7 Å². The Morgan fingerprint density at radius 1 is 0.950 bits per heavy atom. The standard InChI is InChI=1S/C27H22Cl2N4O5S.ClH/c28-19-11-20(29)13-22(12-19)39(37,38)33(15-25(34)35)21-8-9-23-18(10-21)2-1-3-24(23)27(36)32-14-16-4-6-17(7-5-16)26(30)31;/h1-13H,14-15H2,(H3,30,31)(H,32,36)(H,34,35);1H. The lowest BCUT2D eigenvalue weighted by molar-refractivity contribution is -0.135. The van der Waals surface area contributed by atoms with Crippen LogP contribution in [-0.2, 0) is 21.4 Å². The molecule has 0 aliphatic rings. The lowest BCUT2D eigenvalue weighted by Crippen LogP contribution is -2.35. The number of anilines is 1. The molecule has 9 nitrogen and oxygen atoms in total. The highest BCUT2D eigenvalue weighted by Crippen LogP contribution is 2.31. The molecule has 0 unspecified atom stereocenters. The maximum atomic E-state index is 13.4. The van der Waals surface area contributed by atoms with E-state index in [1.165, 1.54) is 30.3 Å². The van der Waals surface area contributed by atoms with Crippen LogP contribution in [0.25, 0.3) is 10.8 Å². The average Bonchev–Trinajstić information content (AvgIpc) is 2.89. The second kappa shape index (κ2) is 12.6. The van der Waals surface area contributed by atoms with Crippen molar-refractivity contribution in [2.45, 2.75) is 11.4 Å². The summed E-state index contributed by atoms with van der Waals surface area (Å²) >= 11 is 12.0. The second-order valence-corrected chi connectivity index (χ2v) is 11.3. The zero-order chi connectivity index (χ0) is 28.3. The largest absolute Gasteiger partial charge is 0.480 e. The minimum absolute atomic E-state index is 0. The van der Waals surface area contributed by atoms with Crippen molar-refractivity contribution in [1.82, 2.24) is 5.32 Å². The minimum atomic E-state index is -4.35. The molecule has 0 saturated heterocycles. The molecule has 13 heteroatoms. The number of aliphatic carboxylic acids is 1. The predicted molar refractivity (Wildman–Crippen MR) is 158 cm³/mol. The van der Waals surface area contributed by atoms with E-state index in [4.69, 9.17) is 34.3 Å². The highest BCUT2D eigenvalue weighted by molar-refractivity contribution is 7.92. The molecule has 0 saturated carbocycles. The number of nitrogens with two attached hydrogens (primary N) is 1. The van der Waals surface area contributed by atoms with Crippen LogP contribution in [0.4, 0.5) is 5.69 Å². The van der Waals surface area contributed by atoms with Gasteiger partial charge in [0, 0.05) is 27.7 Å². The van der Waals surface area contributed by atoms with Gasteiger partial charge in [0.25, 0.3) is 15.9 Å². The van der Waals surface area contributed by atoms with Gasteiger partial charge < -0.3 is 16.2 Å². The molecule has 0 bridgehead atoms. The molecule has 0 atom stereocenters. The zero-order valence-corrected chi connectivity index (χ0v) is 23.7. The molecule has 5 N–H and O–H groups in total. The number of carboxylic acids is 1. The van der Waals surface area contributed by atoms with Gasteiger partial charge in [-0.15, -0.1) is 12.4 Å². The number of fused-ring (bicyclic) bond motifs is 1. The van der Waals surface area contributed by atoms with E-state index in [-0.39, 0.29) is 51.3 Å². The normalized spacial score (nSPS) is 10.9. The third kappa shape index (κ3) is 6.83. The Morgan fingerprint density at radius 2 is 1.60 bits per heavy atom. The molecule has 4 aromatic rings. The van der Waals surface area contributed by atoms with Crippen molar-refractivity contribution < 1.29 is 23.1 Å². The number of halogens is 3. The molecule has 0 aliphatic heterocycles. The number of rotatable bonds is 9. The summed E-state index contributed by atoms with van der Waals surface area (Å²) in [5.74, 6) is -1.77. The number of carbonyl (C=O) groups is 2. The van der Waals surface area contributed by atoms with Crippen LogP contribution in [0.5, 0.6) is 0 Å². The van der Waals surface area contributed by atoms with Gasteiger partial charge in [-0.2, -0.15) is 0 Å². The van der Waals surface area contributed by atoms with Crippen molar-refractivity contribution in [3.05, 3.63) is 106 Å². The summed E-state index contributed by atoms with van der Waals surface area (Å²) in [6, 6.07) is 20.1. The van der Waals surface area contributed by atoms with Crippen LogP contribution >= 0.6 is 35.6 Å². The first-order chi connectivity index (χ1) is 18.5. The fourth-order valence-electron chi connectivity index (χ4n) is 3.95. The van der Waals surface area contributed by atoms with E-state index in [2.05, 4.69) is 5.32 Å². The SMILES string of the molecule is Cl.N=C(N)c1ccc(CNC(=O)c2cccc3cc(N(CC(=O)O)S(=O)(=O)c4cc(Cl)cc(Cl)c4)ccc23)cc1. The van der Waals surface area contributed by atoms with E-state index in [0.717, 1.165) is 9.87 Å². The summed E-state index contributed by atoms with van der Waals surface area (Å²) in [7, 11) is -4.35. The van der Waals surface area contributed by atoms with Gasteiger partial charge in [-0.3, -0.25) is 19.3 Å². The van der Waals surface area contributed by atoms with E-state index >= 15 is 0 Å². The Labute approximate surface area is 246 Å². The highest BCUT2D eigenvalue weighted by atomic mass is 35.5. The molecule has 1 amide bonds. The fraction of sp³-hybridized carbons (Fsp3) is 0.0741. The van der Waals surface area contributed by atoms with Crippen LogP contribution < -0.4 is 15.4 Å². The number of amidine groups is 1. The quantitative estimate of drug-likeness (QED) is 0.151. The number of nitrogens with zero attached hydrogens (tertiary/aromatic N) is 1.